The van der Waals surface area contributed by atoms with E-state index in [-0.39, 0.29) is 5.54 Å². The van der Waals surface area contributed by atoms with Gasteiger partial charge in [-0.1, -0.05) is 6.92 Å². The second-order valence-electron chi connectivity index (χ2n) is 6.43. The van der Waals surface area contributed by atoms with Gasteiger partial charge in [-0.15, -0.1) is 0 Å². The predicted molar refractivity (Wildman–Crippen MR) is 83.7 cm³/mol. The highest BCUT2D eigenvalue weighted by molar-refractivity contribution is 5.53. The molecule has 1 aromatic heterocycles. The first kappa shape index (κ1) is 16.0. The zero-order valence-electron chi connectivity index (χ0n) is 13.5. The molecule has 1 atom stereocenters. The molecule has 0 spiro atoms. The van der Waals surface area contributed by atoms with Gasteiger partial charge in [-0.3, -0.25) is 4.98 Å². The van der Waals surface area contributed by atoms with Gasteiger partial charge in [0.25, 0.3) is 0 Å². The first-order chi connectivity index (χ1) is 8.74. The minimum absolute atomic E-state index is 0.122. The van der Waals surface area contributed by atoms with Crippen LogP contribution in [0.3, 0.4) is 0 Å². The Labute approximate surface area is 118 Å². The number of anilines is 1. The van der Waals surface area contributed by atoms with E-state index in [1.165, 1.54) is 11.3 Å². The van der Waals surface area contributed by atoms with Crippen molar-refractivity contribution in [3.63, 3.8) is 0 Å². The lowest BCUT2D eigenvalue weighted by molar-refractivity contribution is 0.424. The van der Waals surface area contributed by atoms with E-state index in [2.05, 4.69) is 69.9 Å². The lowest BCUT2D eigenvalue weighted by Crippen LogP contribution is -2.36. The molecule has 3 heteroatoms. The maximum absolute atomic E-state index is 4.44. The van der Waals surface area contributed by atoms with Crippen molar-refractivity contribution in [2.45, 2.75) is 66.1 Å². The molecule has 1 N–H and O–H groups in total. The van der Waals surface area contributed by atoms with Gasteiger partial charge >= 0.3 is 0 Å². The molecule has 3 nitrogen and oxygen atoms in total. The summed E-state index contributed by atoms with van der Waals surface area (Å²) >= 11 is 0. The third kappa shape index (κ3) is 4.83. The Morgan fingerprint density at radius 2 is 2.00 bits per heavy atom. The summed E-state index contributed by atoms with van der Waals surface area (Å²) in [5, 5.41) is 3.54. The van der Waals surface area contributed by atoms with E-state index < -0.39 is 0 Å². The Bertz CT molecular complexity index is 407. The Morgan fingerprint density at radius 1 is 1.37 bits per heavy atom. The van der Waals surface area contributed by atoms with Crippen LogP contribution in [-0.2, 0) is 6.54 Å². The normalized spacial score (nSPS) is 13.4. The Balaban J connectivity index is 2.97. The quantitative estimate of drug-likeness (QED) is 0.881. The molecule has 0 aliphatic carbocycles. The fourth-order valence-electron chi connectivity index (χ4n) is 1.91. The first-order valence-corrected chi connectivity index (χ1v) is 7.18. The number of pyridine rings is 1. The Hall–Kier alpha value is -1.09. The molecule has 1 rings (SSSR count). The van der Waals surface area contributed by atoms with Crippen molar-refractivity contribution >= 4 is 5.69 Å². The first-order valence-electron chi connectivity index (χ1n) is 7.18. The molecular weight excluding hydrogens is 234 g/mol. The largest absolute Gasteiger partial charge is 0.372 e. The number of hydrogen-bond donors (Lipinski definition) is 1. The van der Waals surface area contributed by atoms with E-state index in [1.807, 2.05) is 6.20 Å². The van der Waals surface area contributed by atoms with E-state index in [1.54, 1.807) is 0 Å². The second kappa shape index (κ2) is 6.38. The molecular formula is C16H29N3. The van der Waals surface area contributed by atoms with E-state index in [4.69, 9.17) is 0 Å². The van der Waals surface area contributed by atoms with Gasteiger partial charge in [-0.05, 0) is 47.1 Å². The van der Waals surface area contributed by atoms with Gasteiger partial charge in [0.1, 0.15) is 0 Å². The zero-order valence-corrected chi connectivity index (χ0v) is 13.5. The molecule has 0 bridgehead atoms. The van der Waals surface area contributed by atoms with E-state index in [0.29, 0.717) is 6.04 Å². The molecule has 0 radical (unpaired) electrons. The fraction of sp³-hybridized carbons (Fsp3) is 0.688. The number of nitrogens with one attached hydrogen (secondary N) is 1. The van der Waals surface area contributed by atoms with Gasteiger partial charge in [0.15, 0.2) is 0 Å². The minimum Gasteiger partial charge on any atom is -0.372 e. The van der Waals surface area contributed by atoms with Crippen LogP contribution in [0.5, 0.6) is 0 Å². The Morgan fingerprint density at radius 3 is 2.53 bits per heavy atom. The molecule has 0 aromatic carbocycles. The highest BCUT2D eigenvalue weighted by atomic mass is 15.1. The van der Waals surface area contributed by atoms with Crippen molar-refractivity contribution in [3.8, 4) is 0 Å². The standard InChI is InChI=1S/C16H29N3/c1-8-13(3)19(7)15-9-12(2)17-10-14(15)11-18-16(4,5)6/h9-10,13,18H,8,11H2,1-7H3. The van der Waals surface area contributed by atoms with Gasteiger partial charge in [-0.25, -0.2) is 0 Å². The second-order valence-corrected chi connectivity index (χ2v) is 6.43. The summed E-state index contributed by atoms with van der Waals surface area (Å²) in [4.78, 5) is 6.80. The minimum atomic E-state index is 0.122. The SMILES string of the molecule is CCC(C)N(C)c1cc(C)ncc1CNC(C)(C)C. The van der Waals surface area contributed by atoms with Crippen molar-refractivity contribution < 1.29 is 0 Å². The van der Waals surface area contributed by atoms with Gasteiger partial charge in [0.05, 0.1) is 0 Å². The monoisotopic (exact) mass is 263 g/mol. The lowest BCUT2D eigenvalue weighted by atomic mass is 10.1. The average molecular weight is 263 g/mol. The van der Waals surface area contributed by atoms with Gasteiger partial charge in [0.2, 0.25) is 0 Å². The molecule has 0 saturated heterocycles. The van der Waals surface area contributed by atoms with Gasteiger partial charge in [-0.2, -0.15) is 0 Å². The molecule has 1 heterocycles. The zero-order chi connectivity index (χ0) is 14.6. The van der Waals surface area contributed by atoms with E-state index >= 15 is 0 Å². The van der Waals surface area contributed by atoms with Crippen LogP contribution in [0.25, 0.3) is 0 Å². The summed E-state index contributed by atoms with van der Waals surface area (Å²) in [5.41, 5.74) is 3.75. The summed E-state index contributed by atoms with van der Waals surface area (Å²) in [6, 6.07) is 2.72. The van der Waals surface area contributed by atoms with Gasteiger partial charge < -0.3 is 10.2 Å². The topological polar surface area (TPSA) is 28.2 Å². The molecule has 0 saturated carbocycles. The number of nitrogens with zero attached hydrogens (tertiary/aromatic N) is 2. The van der Waals surface area contributed by atoms with Crippen molar-refractivity contribution in [1.82, 2.24) is 10.3 Å². The van der Waals surface area contributed by atoms with E-state index in [0.717, 1.165) is 18.7 Å². The predicted octanol–water partition coefficient (Wildman–Crippen LogP) is 3.51. The molecule has 1 aromatic rings. The third-order valence-electron chi connectivity index (χ3n) is 3.54. The Kier molecular flexibility index (Phi) is 5.36. The van der Waals surface area contributed by atoms with Crippen LogP contribution < -0.4 is 10.2 Å². The molecule has 0 amide bonds. The summed E-state index contributed by atoms with van der Waals surface area (Å²) in [7, 11) is 2.17. The van der Waals surface area contributed by atoms with Crippen molar-refractivity contribution in [1.29, 1.82) is 0 Å². The maximum atomic E-state index is 4.44. The van der Waals surface area contributed by atoms with Crippen LogP contribution in [0.4, 0.5) is 5.69 Å². The van der Waals surface area contributed by atoms with E-state index in [9.17, 15) is 0 Å². The van der Waals surface area contributed by atoms with Crippen LogP contribution >= 0.6 is 0 Å². The summed E-state index contributed by atoms with van der Waals surface area (Å²) < 4.78 is 0. The highest BCUT2D eigenvalue weighted by Gasteiger charge is 2.15. The highest BCUT2D eigenvalue weighted by Crippen LogP contribution is 2.23. The van der Waals surface area contributed by atoms with Crippen LogP contribution in [0.1, 0.15) is 52.3 Å². The molecule has 19 heavy (non-hydrogen) atoms. The number of rotatable bonds is 5. The van der Waals surface area contributed by atoms with Crippen molar-refractivity contribution in [2.24, 2.45) is 0 Å². The summed E-state index contributed by atoms with van der Waals surface area (Å²) in [6.07, 6.45) is 3.15. The summed E-state index contributed by atoms with van der Waals surface area (Å²) in [6.45, 7) is 14.0. The molecule has 108 valence electrons. The molecule has 0 fully saturated rings. The lowest BCUT2D eigenvalue weighted by Gasteiger charge is -2.29. The van der Waals surface area contributed by atoms with Crippen LogP contribution in [0.2, 0.25) is 0 Å². The average Bonchev–Trinajstić information content (AvgIpc) is 2.34. The molecule has 0 aliphatic heterocycles. The third-order valence-corrected chi connectivity index (χ3v) is 3.54. The molecule has 1 unspecified atom stereocenters. The fourth-order valence-corrected chi connectivity index (χ4v) is 1.91. The number of aryl methyl sites for hydroxylation is 1. The van der Waals surface area contributed by atoms with Gasteiger partial charge in [0, 0.05) is 48.3 Å². The maximum Gasteiger partial charge on any atom is 0.0445 e. The molecule has 0 aliphatic rings. The smallest absolute Gasteiger partial charge is 0.0445 e. The van der Waals surface area contributed by atoms with Crippen molar-refractivity contribution in [2.75, 3.05) is 11.9 Å². The van der Waals surface area contributed by atoms with Crippen LogP contribution in [0.15, 0.2) is 12.3 Å². The number of aromatic nitrogens is 1. The van der Waals surface area contributed by atoms with Crippen molar-refractivity contribution in [3.05, 3.63) is 23.5 Å². The summed E-state index contributed by atoms with van der Waals surface area (Å²) in [5.74, 6) is 0. The number of hydrogen-bond acceptors (Lipinski definition) is 3. The van der Waals surface area contributed by atoms with Crippen LogP contribution in [0, 0.1) is 6.92 Å². The van der Waals surface area contributed by atoms with Crippen LogP contribution in [-0.4, -0.2) is 23.6 Å².